The first kappa shape index (κ1) is 8.17. The molecule has 1 saturated heterocycles. The largest absolute Gasteiger partial charge is 0.473 e. The Balaban J connectivity index is 1.68. The lowest BCUT2D eigenvalue weighted by Gasteiger charge is -2.48. The monoisotopic (exact) mass is 191 g/mol. The van der Waals surface area contributed by atoms with E-state index in [1.54, 1.807) is 18.6 Å². The lowest BCUT2D eigenvalue weighted by molar-refractivity contribution is -0.0472. The van der Waals surface area contributed by atoms with Gasteiger partial charge in [-0.15, -0.1) is 0 Å². The van der Waals surface area contributed by atoms with Gasteiger partial charge in [-0.2, -0.15) is 0 Å². The fraction of sp³-hybridized carbons (Fsp3) is 0.600. The van der Waals surface area contributed by atoms with Crippen molar-refractivity contribution in [3.8, 4) is 5.88 Å². The van der Waals surface area contributed by atoms with E-state index in [2.05, 4.69) is 15.3 Å². The molecule has 1 N–H and O–H groups in total. The summed E-state index contributed by atoms with van der Waals surface area (Å²) in [7, 11) is 0. The maximum atomic E-state index is 5.80. The summed E-state index contributed by atoms with van der Waals surface area (Å²) in [5.41, 5.74) is 0. The average Bonchev–Trinajstić information content (AvgIpc) is 2.28. The molecule has 3 rings (SSSR count). The molecule has 0 amide bonds. The molecule has 1 aliphatic heterocycles. The molecule has 1 aromatic heterocycles. The van der Waals surface area contributed by atoms with Crippen molar-refractivity contribution in [3.63, 3.8) is 0 Å². The van der Waals surface area contributed by atoms with Crippen LogP contribution >= 0.6 is 0 Å². The van der Waals surface area contributed by atoms with Crippen LogP contribution in [0.1, 0.15) is 6.42 Å². The quantitative estimate of drug-likeness (QED) is 0.738. The Labute approximate surface area is 82.7 Å². The number of fused-ring (bicyclic) bond motifs is 2. The second-order valence-corrected chi connectivity index (χ2v) is 4.04. The van der Waals surface area contributed by atoms with Crippen molar-refractivity contribution < 1.29 is 4.74 Å². The Hall–Kier alpha value is -1.16. The van der Waals surface area contributed by atoms with Gasteiger partial charge in [0.25, 0.3) is 0 Å². The van der Waals surface area contributed by atoms with Crippen molar-refractivity contribution in [2.45, 2.75) is 12.5 Å². The molecular formula is C10H13N3O. The van der Waals surface area contributed by atoms with Crippen LogP contribution in [0, 0.1) is 11.8 Å². The molecule has 0 radical (unpaired) electrons. The van der Waals surface area contributed by atoms with Crippen molar-refractivity contribution in [2.75, 3.05) is 13.1 Å². The molecule has 1 aromatic rings. The number of hydrogen-bond donors (Lipinski definition) is 1. The Kier molecular flexibility index (Phi) is 1.87. The van der Waals surface area contributed by atoms with E-state index < -0.39 is 0 Å². The molecule has 1 saturated carbocycles. The first-order chi connectivity index (χ1) is 6.93. The van der Waals surface area contributed by atoms with Gasteiger partial charge in [-0.1, -0.05) is 0 Å². The summed E-state index contributed by atoms with van der Waals surface area (Å²) < 4.78 is 5.80. The zero-order valence-corrected chi connectivity index (χ0v) is 7.89. The van der Waals surface area contributed by atoms with Gasteiger partial charge in [0.1, 0.15) is 6.10 Å². The normalized spacial score (nSPS) is 34.7. The predicted octanol–water partition coefficient (Wildman–Crippen LogP) is 0.463. The van der Waals surface area contributed by atoms with Crippen LogP contribution in [0.15, 0.2) is 18.6 Å². The highest BCUT2D eigenvalue weighted by Crippen LogP contribution is 2.38. The summed E-state index contributed by atoms with van der Waals surface area (Å²) >= 11 is 0. The van der Waals surface area contributed by atoms with E-state index >= 15 is 0 Å². The van der Waals surface area contributed by atoms with Crippen LogP contribution in [-0.2, 0) is 0 Å². The smallest absolute Gasteiger partial charge is 0.232 e. The van der Waals surface area contributed by atoms with Gasteiger partial charge >= 0.3 is 0 Å². The van der Waals surface area contributed by atoms with Crippen LogP contribution in [0.4, 0.5) is 0 Å². The van der Waals surface area contributed by atoms with E-state index in [-0.39, 0.29) is 0 Å². The summed E-state index contributed by atoms with van der Waals surface area (Å²) in [6.45, 7) is 2.17. The number of ether oxygens (including phenoxy) is 1. The maximum absolute atomic E-state index is 5.80. The van der Waals surface area contributed by atoms with Crippen molar-refractivity contribution in [2.24, 2.45) is 11.8 Å². The van der Waals surface area contributed by atoms with Gasteiger partial charge in [0, 0.05) is 37.3 Å². The van der Waals surface area contributed by atoms with E-state index in [1.165, 1.54) is 6.42 Å². The van der Waals surface area contributed by atoms with Gasteiger partial charge in [0.2, 0.25) is 5.88 Å². The summed E-state index contributed by atoms with van der Waals surface area (Å²) in [5, 5.41) is 3.38. The number of nitrogens with zero attached hydrogens (tertiary/aromatic N) is 2. The molecule has 4 heteroatoms. The van der Waals surface area contributed by atoms with Crippen LogP contribution in [0.3, 0.4) is 0 Å². The van der Waals surface area contributed by atoms with Gasteiger partial charge in [-0.05, 0) is 6.42 Å². The molecule has 0 aromatic carbocycles. The van der Waals surface area contributed by atoms with Crippen molar-refractivity contribution in [3.05, 3.63) is 18.6 Å². The SMILES string of the molecule is c1cnc(OC2[C@@H]3CNC[C@H]2C3)cn1. The van der Waals surface area contributed by atoms with Gasteiger partial charge in [0.15, 0.2) is 0 Å². The highest BCUT2D eigenvalue weighted by molar-refractivity contribution is 5.07. The molecule has 1 aliphatic carbocycles. The third kappa shape index (κ3) is 1.26. The van der Waals surface area contributed by atoms with Crippen molar-refractivity contribution >= 4 is 0 Å². The molecule has 0 spiro atoms. The molecule has 2 aliphatic rings. The number of hydrogen-bond acceptors (Lipinski definition) is 4. The molecule has 2 bridgehead atoms. The number of aromatic nitrogens is 2. The number of nitrogens with one attached hydrogen (secondary N) is 1. The van der Waals surface area contributed by atoms with Crippen LogP contribution in [0.25, 0.3) is 0 Å². The van der Waals surface area contributed by atoms with Crippen molar-refractivity contribution in [1.82, 2.24) is 15.3 Å². The number of piperidine rings is 2. The van der Waals surface area contributed by atoms with Gasteiger partial charge in [-0.3, -0.25) is 4.98 Å². The third-order valence-electron chi connectivity index (χ3n) is 3.14. The molecule has 14 heavy (non-hydrogen) atoms. The molecule has 74 valence electrons. The second kappa shape index (κ2) is 3.20. The molecule has 2 heterocycles. The van der Waals surface area contributed by atoms with Crippen molar-refractivity contribution in [1.29, 1.82) is 0 Å². The predicted molar refractivity (Wildman–Crippen MR) is 50.9 cm³/mol. The summed E-state index contributed by atoms with van der Waals surface area (Å²) in [6.07, 6.45) is 6.69. The van der Waals surface area contributed by atoms with E-state index in [1.807, 2.05) is 0 Å². The summed E-state index contributed by atoms with van der Waals surface area (Å²) in [5.74, 6) is 2.01. The van der Waals surface area contributed by atoms with E-state index in [4.69, 9.17) is 4.74 Å². The molecule has 4 nitrogen and oxygen atoms in total. The van der Waals surface area contributed by atoms with Crippen LogP contribution < -0.4 is 10.1 Å². The Morgan fingerprint density at radius 3 is 2.79 bits per heavy atom. The van der Waals surface area contributed by atoms with Gasteiger partial charge in [-0.25, -0.2) is 4.98 Å². The van der Waals surface area contributed by atoms with Gasteiger partial charge < -0.3 is 10.1 Å². The van der Waals surface area contributed by atoms with E-state index in [0.717, 1.165) is 13.1 Å². The van der Waals surface area contributed by atoms with Gasteiger partial charge in [0.05, 0.1) is 6.20 Å². The molecule has 1 unspecified atom stereocenters. The second-order valence-electron chi connectivity index (χ2n) is 4.04. The fourth-order valence-corrected chi connectivity index (χ4v) is 2.38. The Bertz CT molecular complexity index is 302. The third-order valence-corrected chi connectivity index (χ3v) is 3.14. The van der Waals surface area contributed by atoms with Crippen LogP contribution in [0.5, 0.6) is 5.88 Å². The average molecular weight is 191 g/mol. The first-order valence-electron chi connectivity index (χ1n) is 5.07. The fourth-order valence-electron chi connectivity index (χ4n) is 2.38. The summed E-state index contributed by atoms with van der Waals surface area (Å²) in [4.78, 5) is 8.11. The lowest BCUT2D eigenvalue weighted by Crippen LogP contribution is -2.59. The maximum Gasteiger partial charge on any atom is 0.232 e. The first-order valence-corrected chi connectivity index (χ1v) is 5.07. The lowest BCUT2D eigenvalue weighted by atomic mass is 9.69. The highest BCUT2D eigenvalue weighted by atomic mass is 16.5. The Morgan fingerprint density at radius 2 is 2.14 bits per heavy atom. The molecular weight excluding hydrogens is 178 g/mol. The molecule has 2 fully saturated rings. The minimum Gasteiger partial charge on any atom is -0.473 e. The number of rotatable bonds is 2. The zero-order valence-electron chi connectivity index (χ0n) is 7.89. The molecule has 3 atom stereocenters. The highest BCUT2D eigenvalue weighted by Gasteiger charge is 2.45. The van der Waals surface area contributed by atoms with Crippen LogP contribution in [-0.4, -0.2) is 29.2 Å². The van der Waals surface area contributed by atoms with E-state index in [0.29, 0.717) is 23.8 Å². The minimum atomic E-state index is 0.368. The topological polar surface area (TPSA) is 47.0 Å². The summed E-state index contributed by atoms with van der Waals surface area (Å²) in [6, 6.07) is 0. The standard InChI is InChI=1S/C10H13N3O/c1-2-13-9(6-11-1)14-10-7-3-8(10)5-12-4-7/h1-2,6-8,10,12H,3-5H2/t7-,8+,10?. The van der Waals surface area contributed by atoms with E-state index in [9.17, 15) is 0 Å². The zero-order chi connectivity index (χ0) is 9.38. The minimum absolute atomic E-state index is 0.368. The van der Waals surface area contributed by atoms with Crippen LogP contribution in [0.2, 0.25) is 0 Å². The Morgan fingerprint density at radius 1 is 1.29 bits per heavy atom.